The van der Waals surface area contributed by atoms with Gasteiger partial charge in [0.25, 0.3) is 0 Å². The van der Waals surface area contributed by atoms with Gasteiger partial charge < -0.3 is 9.84 Å². The molecule has 0 saturated carbocycles. The first-order valence-electron chi connectivity index (χ1n) is 5.70. The van der Waals surface area contributed by atoms with Gasteiger partial charge in [0.15, 0.2) is 0 Å². The Kier molecular flexibility index (Phi) is 8.86. The molecule has 99 valence electrons. The molecule has 0 fully saturated rings. The summed E-state index contributed by atoms with van der Waals surface area (Å²) in [5.74, 6) is -0.170. The molecular formula is C13H18AgO3. The van der Waals surface area contributed by atoms with E-state index in [1.54, 1.807) is 24.3 Å². The van der Waals surface area contributed by atoms with E-state index < -0.39 is 5.97 Å². The van der Waals surface area contributed by atoms with Crippen molar-refractivity contribution in [3.05, 3.63) is 29.8 Å². The molecule has 0 aromatic heterocycles. The maximum Gasteiger partial charge on any atom is 0.335 e. The van der Waals surface area contributed by atoms with Crippen molar-refractivity contribution in [1.82, 2.24) is 0 Å². The molecule has 0 amide bonds. The van der Waals surface area contributed by atoms with Crippen LogP contribution in [-0.4, -0.2) is 17.7 Å². The Hall–Kier alpha value is -0.770. The van der Waals surface area contributed by atoms with Crippen LogP contribution in [0.3, 0.4) is 0 Å². The summed E-state index contributed by atoms with van der Waals surface area (Å²) in [4.78, 5) is 10.6. The fraction of sp³-hybridized carbons (Fsp3) is 0.462. The molecule has 0 aliphatic carbocycles. The van der Waals surface area contributed by atoms with Crippen molar-refractivity contribution in [3.8, 4) is 5.75 Å². The number of rotatable bonds is 7. The monoisotopic (exact) mass is 329 g/mol. The van der Waals surface area contributed by atoms with E-state index >= 15 is 0 Å². The minimum atomic E-state index is -0.908. The first-order chi connectivity index (χ1) is 7.74. The van der Waals surface area contributed by atoms with E-state index in [4.69, 9.17) is 9.84 Å². The zero-order valence-corrected chi connectivity index (χ0v) is 11.4. The van der Waals surface area contributed by atoms with Gasteiger partial charge in [0.1, 0.15) is 5.75 Å². The maximum absolute atomic E-state index is 10.6. The molecule has 1 aromatic carbocycles. The van der Waals surface area contributed by atoms with Crippen molar-refractivity contribution < 1.29 is 37.0 Å². The van der Waals surface area contributed by atoms with Crippen LogP contribution in [0, 0.1) is 0 Å². The van der Waals surface area contributed by atoms with E-state index in [1.165, 1.54) is 19.3 Å². The van der Waals surface area contributed by atoms with Crippen LogP contribution >= 0.6 is 0 Å². The second-order valence-electron chi connectivity index (χ2n) is 3.74. The number of carboxylic acids is 1. The summed E-state index contributed by atoms with van der Waals surface area (Å²) >= 11 is 0. The van der Waals surface area contributed by atoms with Crippen LogP contribution in [0.5, 0.6) is 5.75 Å². The van der Waals surface area contributed by atoms with Crippen molar-refractivity contribution in [2.45, 2.75) is 32.6 Å². The molecule has 1 radical (unpaired) electrons. The summed E-state index contributed by atoms with van der Waals surface area (Å²) < 4.78 is 5.49. The van der Waals surface area contributed by atoms with Crippen LogP contribution in [0.2, 0.25) is 0 Å². The van der Waals surface area contributed by atoms with E-state index in [0.29, 0.717) is 12.2 Å². The molecule has 3 nitrogen and oxygen atoms in total. The maximum atomic E-state index is 10.6. The molecule has 0 atom stereocenters. The van der Waals surface area contributed by atoms with Gasteiger partial charge >= 0.3 is 5.97 Å². The number of unbranched alkanes of at least 4 members (excludes halogenated alkanes) is 3. The second kappa shape index (κ2) is 9.28. The zero-order valence-electron chi connectivity index (χ0n) is 9.91. The molecule has 0 spiro atoms. The average Bonchev–Trinajstić information content (AvgIpc) is 2.29. The third-order valence-electron chi connectivity index (χ3n) is 2.37. The Balaban J connectivity index is 0.00000256. The topological polar surface area (TPSA) is 46.5 Å². The quantitative estimate of drug-likeness (QED) is 0.616. The van der Waals surface area contributed by atoms with Gasteiger partial charge in [-0.15, -0.1) is 0 Å². The van der Waals surface area contributed by atoms with Crippen LogP contribution in [0.25, 0.3) is 0 Å². The number of benzene rings is 1. The Morgan fingerprint density at radius 3 is 2.35 bits per heavy atom. The van der Waals surface area contributed by atoms with E-state index in [2.05, 4.69) is 6.92 Å². The predicted molar refractivity (Wildman–Crippen MR) is 63.0 cm³/mol. The molecule has 0 saturated heterocycles. The minimum absolute atomic E-state index is 0. The summed E-state index contributed by atoms with van der Waals surface area (Å²) in [7, 11) is 0. The van der Waals surface area contributed by atoms with Gasteiger partial charge in [-0.2, -0.15) is 0 Å². The summed E-state index contributed by atoms with van der Waals surface area (Å²) in [5, 5.41) is 8.71. The number of carbonyl (C=O) groups is 1. The standard InChI is InChI=1S/C13H18O3.Ag/c1-2-3-4-5-10-16-12-8-6-11(7-9-12)13(14)15;/h6-9H,2-5,10H2,1H3,(H,14,15);. The third kappa shape index (κ3) is 6.51. The molecule has 0 unspecified atom stereocenters. The Morgan fingerprint density at radius 1 is 1.18 bits per heavy atom. The summed E-state index contributed by atoms with van der Waals surface area (Å²) in [5.41, 5.74) is 0.290. The second-order valence-corrected chi connectivity index (χ2v) is 3.74. The Labute approximate surface area is 118 Å². The molecule has 0 aliphatic rings. The Bertz CT molecular complexity index is 322. The summed E-state index contributed by atoms with van der Waals surface area (Å²) in [6.45, 7) is 2.87. The fourth-order valence-corrected chi connectivity index (χ4v) is 1.41. The molecule has 1 rings (SSSR count). The van der Waals surface area contributed by atoms with Gasteiger partial charge in [-0.3, -0.25) is 0 Å². The molecule has 0 heterocycles. The minimum Gasteiger partial charge on any atom is -0.494 e. The molecule has 0 bridgehead atoms. The smallest absolute Gasteiger partial charge is 0.335 e. The van der Waals surface area contributed by atoms with Crippen LogP contribution in [-0.2, 0) is 22.4 Å². The first-order valence-corrected chi connectivity index (χ1v) is 5.70. The zero-order chi connectivity index (χ0) is 11.8. The van der Waals surface area contributed by atoms with Crippen molar-refractivity contribution in [2.24, 2.45) is 0 Å². The van der Waals surface area contributed by atoms with Crippen LogP contribution in [0.4, 0.5) is 0 Å². The van der Waals surface area contributed by atoms with Crippen LogP contribution in [0.15, 0.2) is 24.3 Å². The number of hydrogen-bond donors (Lipinski definition) is 1. The van der Waals surface area contributed by atoms with Crippen LogP contribution < -0.4 is 4.74 Å². The normalized spacial score (nSPS) is 9.47. The van der Waals surface area contributed by atoms with E-state index in [1.807, 2.05) is 0 Å². The largest absolute Gasteiger partial charge is 0.494 e. The van der Waals surface area contributed by atoms with Gasteiger partial charge in [-0.05, 0) is 30.7 Å². The predicted octanol–water partition coefficient (Wildman–Crippen LogP) is 3.34. The van der Waals surface area contributed by atoms with Crippen LogP contribution in [0.1, 0.15) is 43.0 Å². The van der Waals surface area contributed by atoms with Gasteiger partial charge in [-0.25, -0.2) is 4.79 Å². The summed E-state index contributed by atoms with van der Waals surface area (Å²) in [6, 6.07) is 6.51. The molecule has 4 heteroatoms. The fourth-order valence-electron chi connectivity index (χ4n) is 1.41. The average molecular weight is 330 g/mol. The Morgan fingerprint density at radius 2 is 1.82 bits per heavy atom. The van der Waals surface area contributed by atoms with E-state index in [9.17, 15) is 4.79 Å². The SMILES string of the molecule is CCCCCCOc1ccc(C(=O)O)cc1.[Ag]. The molecular weight excluding hydrogens is 312 g/mol. The number of aromatic carboxylic acids is 1. The van der Waals surface area contributed by atoms with Gasteiger partial charge in [0.05, 0.1) is 12.2 Å². The van der Waals surface area contributed by atoms with Crippen molar-refractivity contribution in [1.29, 1.82) is 0 Å². The summed E-state index contributed by atoms with van der Waals surface area (Å²) in [6.07, 6.45) is 4.69. The van der Waals surface area contributed by atoms with Gasteiger partial charge in [0.2, 0.25) is 0 Å². The van der Waals surface area contributed by atoms with Crippen molar-refractivity contribution >= 4 is 5.97 Å². The van der Waals surface area contributed by atoms with E-state index in [0.717, 1.165) is 12.2 Å². The molecule has 17 heavy (non-hydrogen) atoms. The third-order valence-corrected chi connectivity index (χ3v) is 2.37. The number of carboxylic acid groups (broad SMARTS) is 1. The van der Waals surface area contributed by atoms with Crippen molar-refractivity contribution in [2.75, 3.05) is 6.61 Å². The molecule has 0 aliphatic heterocycles. The van der Waals surface area contributed by atoms with E-state index in [-0.39, 0.29) is 22.4 Å². The molecule has 1 aromatic rings. The van der Waals surface area contributed by atoms with Gasteiger partial charge in [0, 0.05) is 22.4 Å². The molecule has 1 N–H and O–H groups in total. The number of ether oxygens (including phenoxy) is 1. The first kappa shape index (κ1) is 16.2. The van der Waals surface area contributed by atoms with Gasteiger partial charge in [-0.1, -0.05) is 26.2 Å². The van der Waals surface area contributed by atoms with Crippen molar-refractivity contribution in [3.63, 3.8) is 0 Å². The number of hydrogen-bond acceptors (Lipinski definition) is 2.